The smallest absolute Gasteiger partial charge is 0.246 e. The largest absolute Gasteiger partial charge is 0.324 e. The van der Waals surface area contributed by atoms with Gasteiger partial charge in [-0.1, -0.05) is 6.07 Å². The van der Waals surface area contributed by atoms with Gasteiger partial charge in [-0.15, -0.1) is 0 Å². The summed E-state index contributed by atoms with van der Waals surface area (Å²) < 4.78 is 13.0. The van der Waals surface area contributed by atoms with Crippen molar-refractivity contribution in [1.29, 1.82) is 0 Å². The van der Waals surface area contributed by atoms with E-state index in [0.717, 1.165) is 5.56 Å². The van der Waals surface area contributed by atoms with Crippen molar-refractivity contribution in [3.05, 3.63) is 29.6 Å². The van der Waals surface area contributed by atoms with Gasteiger partial charge < -0.3 is 5.32 Å². The molecule has 1 aliphatic carbocycles. The van der Waals surface area contributed by atoms with Crippen LogP contribution in [0.2, 0.25) is 0 Å². The van der Waals surface area contributed by atoms with Crippen molar-refractivity contribution in [3.8, 4) is 0 Å². The Balaban J connectivity index is 1.83. The summed E-state index contributed by atoms with van der Waals surface area (Å²) in [6.07, 6.45) is 2.47. The minimum absolute atomic E-state index is 0.0851. The number of anilines is 1. The second kappa shape index (κ2) is 3.81. The normalized spacial score (nSPS) is 24.4. The first kappa shape index (κ1) is 10.7. The minimum Gasteiger partial charge on any atom is -0.324 e. The zero-order valence-corrected chi connectivity index (χ0v) is 9.66. The Labute approximate surface area is 99.4 Å². The molecular weight excluding hydrogens is 219 g/mol. The molecule has 1 aliphatic heterocycles. The van der Waals surface area contributed by atoms with E-state index in [0.29, 0.717) is 17.6 Å². The molecule has 4 heteroatoms. The Kier molecular flexibility index (Phi) is 2.40. The molecular formula is C13H15FN2O. The summed E-state index contributed by atoms with van der Waals surface area (Å²) in [5.41, 5.74) is 1.44. The lowest BCUT2D eigenvalue weighted by Crippen LogP contribution is -2.35. The molecule has 0 radical (unpaired) electrons. The van der Waals surface area contributed by atoms with Crippen molar-refractivity contribution in [1.82, 2.24) is 5.32 Å². The summed E-state index contributed by atoms with van der Waals surface area (Å²) >= 11 is 0. The third-order valence-corrected chi connectivity index (χ3v) is 3.61. The average Bonchev–Trinajstić information content (AvgIpc) is 3.06. The van der Waals surface area contributed by atoms with E-state index in [1.54, 1.807) is 6.07 Å². The van der Waals surface area contributed by atoms with Crippen LogP contribution in [0.4, 0.5) is 10.1 Å². The maximum Gasteiger partial charge on any atom is 0.246 e. The average molecular weight is 234 g/mol. The number of hydrogen-bond donors (Lipinski definition) is 2. The highest BCUT2D eigenvalue weighted by Crippen LogP contribution is 2.36. The van der Waals surface area contributed by atoms with Gasteiger partial charge in [0.05, 0.1) is 0 Å². The van der Waals surface area contributed by atoms with Crippen LogP contribution in [0.3, 0.4) is 0 Å². The molecule has 90 valence electrons. The second-order valence-electron chi connectivity index (χ2n) is 4.95. The number of amides is 1. The van der Waals surface area contributed by atoms with E-state index in [1.807, 2.05) is 0 Å². The van der Waals surface area contributed by atoms with E-state index < -0.39 is 0 Å². The van der Waals surface area contributed by atoms with Crippen LogP contribution in [-0.2, 0) is 4.79 Å². The summed E-state index contributed by atoms with van der Waals surface area (Å²) in [6.45, 7) is 2.10. The molecule has 1 fully saturated rings. The van der Waals surface area contributed by atoms with Crippen LogP contribution in [0.1, 0.15) is 31.4 Å². The Morgan fingerprint density at radius 1 is 1.47 bits per heavy atom. The molecule has 0 saturated heterocycles. The number of rotatable bonds is 3. The van der Waals surface area contributed by atoms with Gasteiger partial charge in [0.25, 0.3) is 0 Å². The van der Waals surface area contributed by atoms with Crippen molar-refractivity contribution in [3.63, 3.8) is 0 Å². The molecule has 2 atom stereocenters. The van der Waals surface area contributed by atoms with Gasteiger partial charge in [0.2, 0.25) is 5.91 Å². The highest BCUT2D eigenvalue weighted by molar-refractivity contribution is 6.02. The molecule has 1 aromatic carbocycles. The van der Waals surface area contributed by atoms with E-state index in [1.165, 1.54) is 25.0 Å². The molecule has 0 bridgehead atoms. The van der Waals surface area contributed by atoms with E-state index >= 15 is 0 Å². The number of benzene rings is 1. The summed E-state index contributed by atoms with van der Waals surface area (Å²) in [4.78, 5) is 11.8. The molecule has 2 aliphatic rings. The molecule has 2 unspecified atom stereocenters. The van der Waals surface area contributed by atoms with Crippen LogP contribution >= 0.6 is 0 Å². The van der Waals surface area contributed by atoms with Gasteiger partial charge in [0.15, 0.2) is 0 Å². The summed E-state index contributed by atoms with van der Waals surface area (Å²) in [5, 5.41) is 6.04. The molecule has 2 N–H and O–H groups in total. The van der Waals surface area contributed by atoms with Gasteiger partial charge in [-0.2, -0.15) is 0 Å². The molecule has 1 heterocycles. The van der Waals surface area contributed by atoms with Crippen molar-refractivity contribution < 1.29 is 9.18 Å². The zero-order valence-electron chi connectivity index (χ0n) is 9.66. The lowest BCUT2D eigenvalue weighted by atomic mass is 10.1. The molecule has 3 nitrogen and oxygen atoms in total. The third-order valence-electron chi connectivity index (χ3n) is 3.61. The van der Waals surface area contributed by atoms with Crippen LogP contribution in [0, 0.1) is 11.7 Å². The topological polar surface area (TPSA) is 41.1 Å². The molecule has 0 aromatic heterocycles. The quantitative estimate of drug-likeness (QED) is 0.841. The first-order valence-electron chi connectivity index (χ1n) is 6.01. The minimum atomic E-state index is -0.332. The third kappa shape index (κ3) is 1.93. The molecule has 1 aromatic rings. The zero-order chi connectivity index (χ0) is 12.0. The fourth-order valence-electron chi connectivity index (χ4n) is 2.40. The number of nitrogens with one attached hydrogen (secondary N) is 2. The van der Waals surface area contributed by atoms with Crippen molar-refractivity contribution in [2.75, 3.05) is 5.32 Å². The van der Waals surface area contributed by atoms with Crippen LogP contribution < -0.4 is 10.6 Å². The van der Waals surface area contributed by atoms with Gasteiger partial charge in [-0.25, -0.2) is 4.39 Å². The van der Waals surface area contributed by atoms with Crippen molar-refractivity contribution in [2.45, 2.75) is 31.8 Å². The van der Waals surface area contributed by atoms with Gasteiger partial charge in [0.1, 0.15) is 11.9 Å². The predicted molar refractivity (Wildman–Crippen MR) is 63.1 cm³/mol. The van der Waals surface area contributed by atoms with Gasteiger partial charge in [-0.05, 0) is 37.8 Å². The summed E-state index contributed by atoms with van der Waals surface area (Å²) in [6, 6.07) is 4.45. The van der Waals surface area contributed by atoms with E-state index in [-0.39, 0.29) is 17.8 Å². The molecule has 1 amide bonds. The Hall–Kier alpha value is -1.42. The first-order chi connectivity index (χ1) is 8.15. The van der Waals surface area contributed by atoms with Crippen molar-refractivity contribution in [2.24, 2.45) is 5.92 Å². The Morgan fingerprint density at radius 3 is 2.94 bits per heavy atom. The van der Waals surface area contributed by atoms with Crippen molar-refractivity contribution >= 4 is 11.6 Å². The van der Waals surface area contributed by atoms with Gasteiger partial charge in [0, 0.05) is 17.3 Å². The molecule has 0 spiro atoms. The first-order valence-corrected chi connectivity index (χ1v) is 6.01. The Bertz CT molecular complexity index is 470. The maximum absolute atomic E-state index is 13.0. The number of carbonyl (C=O) groups excluding carboxylic acids is 1. The maximum atomic E-state index is 13.0. The lowest BCUT2D eigenvalue weighted by molar-refractivity contribution is -0.117. The molecule has 3 rings (SSSR count). The van der Waals surface area contributed by atoms with Crippen LogP contribution in [-0.4, -0.2) is 11.9 Å². The summed E-state index contributed by atoms with van der Waals surface area (Å²) in [7, 11) is 0. The number of hydrogen-bond acceptors (Lipinski definition) is 2. The number of halogens is 1. The number of fused-ring (bicyclic) bond motifs is 1. The van der Waals surface area contributed by atoms with E-state index in [2.05, 4.69) is 17.6 Å². The predicted octanol–water partition coefficient (Wildman–Crippen LogP) is 2.21. The standard InChI is InChI=1S/C13H15FN2O/c1-7(8-2-3-8)15-12-10-5-4-9(14)6-11(10)16-13(12)17/h4-8,12,15H,2-3H2,1H3,(H,16,17). The highest BCUT2D eigenvalue weighted by Gasteiger charge is 2.35. The van der Waals surface area contributed by atoms with Crippen LogP contribution in [0.5, 0.6) is 0 Å². The van der Waals surface area contributed by atoms with E-state index in [9.17, 15) is 9.18 Å². The van der Waals surface area contributed by atoms with Gasteiger partial charge in [-0.3, -0.25) is 10.1 Å². The highest BCUT2D eigenvalue weighted by atomic mass is 19.1. The SMILES string of the molecule is CC(NC1C(=O)Nc2cc(F)ccc21)C1CC1. The van der Waals surface area contributed by atoms with Crippen LogP contribution in [0.15, 0.2) is 18.2 Å². The van der Waals surface area contributed by atoms with E-state index in [4.69, 9.17) is 0 Å². The monoisotopic (exact) mass is 234 g/mol. The number of carbonyl (C=O) groups is 1. The fraction of sp³-hybridized carbons (Fsp3) is 0.462. The fourth-order valence-corrected chi connectivity index (χ4v) is 2.40. The molecule has 17 heavy (non-hydrogen) atoms. The van der Waals surface area contributed by atoms with Gasteiger partial charge >= 0.3 is 0 Å². The lowest BCUT2D eigenvalue weighted by Gasteiger charge is -2.17. The molecule has 1 saturated carbocycles. The second-order valence-corrected chi connectivity index (χ2v) is 4.95. The van der Waals surface area contributed by atoms with Crippen LogP contribution in [0.25, 0.3) is 0 Å². The summed E-state index contributed by atoms with van der Waals surface area (Å²) in [5.74, 6) is 0.283. The Morgan fingerprint density at radius 2 is 2.24 bits per heavy atom.